The smallest absolute Gasteiger partial charge is 0.447 e. The molecule has 0 radical (unpaired) electrons. The van der Waals surface area contributed by atoms with Crippen LogP contribution in [0.5, 0.6) is 0 Å². The van der Waals surface area contributed by atoms with Crippen molar-refractivity contribution in [1.29, 1.82) is 0 Å². The summed E-state index contributed by atoms with van der Waals surface area (Å²) in [5.41, 5.74) is 15.5. The summed E-state index contributed by atoms with van der Waals surface area (Å²) in [6.45, 7) is 14.9. The summed E-state index contributed by atoms with van der Waals surface area (Å²) in [6.07, 6.45) is -4.88. The molecule has 51 heavy (non-hydrogen) atoms. The van der Waals surface area contributed by atoms with Crippen LogP contribution < -0.4 is 33.2 Å². The molecule has 0 aromatic rings. The number of cyclic esters (lactones) is 4. The van der Waals surface area contributed by atoms with E-state index in [2.05, 4.69) is 39.6 Å². The third-order valence-corrected chi connectivity index (χ3v) is 5.06. The van der Waals surface area contributed by atoms with Gasteiger partial charge in [-0.25, -0.2) is 24.0 Å². The maximum Gasteiger partial charge on any atom is 0.508 e. The van der Waals surface area contributed by atoms with E-state index in [1.54, 1.807) is 41.5 Å². The fourth-order valence-corrected chi connectivity index (χ4v) is 2.34. The highest BCUT2D eigenvalue weighted by molar-refractivity contribution is 14.0. The van der Waals surface area contributed by atoms with E-state index in [4.69, 9.17) is 42.0 Å². The van der Waals surface area contributed by atoms with Gasteiger partial charge in [-0.2, -0.15) is 0 Å². The van der Waals surface area contributed by atoms with Crippen molar-refractivity contribution in [3.05, 3.63) is 0 Å². The first kappa shape index (κ1) is 54.6. The molecule has 0 aromatic heterocycles. The number of amides is 3. The number of aliphatic hydroxyl groups is 3. The van der Waals surface area contributed by atoms with Crippen LogP contribution in [0.25, 0.3) is 0 Å². The van der Waals surface area contributed by atoms with Crippen LogP contribution in [0.15, 0.2) is 0 Å². The van der Waals surface area contributed by atoms with E-state index >= 15 is 0 Å². The largest absolute Gasteiger partial charge is 0.508 e. The molecule has 2 saturated heterocycles. The Balaban J connectivity index is -0.000000294. The topological polar surface area (TPSA) is 325 Å². The zero-order chi connectivity index (χ0) is 39.2. The Morgan fingerprint density at radius 2 is 1.18 bits per heavy atom. The Kier molecular flexibility index (Phi) is 36.4. The summed E-state index contributed by atoms with van der Waals surface area (Å²) in [5, 5.41) is 33.5. The summed E-state index contributed by atoms with van der Waals surface area (Å²) in [4.78, 5) is 53.3. The number of halogens is 1. The summed E-state index contributed by atoms with van der Waals surface area (Å²) < 4.78 is 32.0. The van der Waals surface area contributed by atoms with E-state index in [9.17, 15) is 24.0 Å². The minimum Gasteiger partial charge on any atom is -0.447 e. The molecule has 304 valence electrons. The van der Waals surface area contributed by atoms with Gasteiger partial charge in [0.05, 0.1) is 19.3 Å². The Hall–Kier alpha value is -3.16. The first-order valence-corrected chi connectivity index (χ1v) is 15.9. The lowest BCUT2D eigenvalue weighted by atomic mass is 10.3. The molecule has 8 unspecified atom stereocenters. The predicted octanol–water partition coefficient (Wildman–Crippen LogP) is 0.0232. The maximum atomic E-state index is 11.3. The van der Waals surface area contributed by atoms with Crippen LogP contribution in [0.2, 0.25) is 0 Å². The third-order valence-electron chi connectivity index (χ3n) is 5.06. The van der Waals surface area contributed by atoms with Crippen LogP contribution in [-0.2, 0) is 33.2 Å². The molecule has 2 aliphatic heterocycles. The number of carbonyl (C=O) groups is 5. The van der Waals surface area contributed by atoms with Gasteiger partial charge in [0.15, 0.2) is 0 Å². The van der Waals surface area contributed by atoms with Gasteiger partial charge < -0.3 is 81.6 Å². The highest BCUT2D eigenvalue weighted by Gasteiger charge is 2.20. The average molecular weight is 861 g/mol. The highest BCUT2D eigenvalue weighted by Crippen LogP contribution is 2.03. The molecule has 2 heterocycles. The van der Waals surface area contributed by atoms with E-state index in [0.717, 1.165) is 0 Å². The van der Waals surface area contributed by atoms with Gasteiger partial charge in [-0.1, -0.05) is 0 Å². The van der Waals surface area contributed by atoms with Crippen molar-refractivity contribution >= 4 is 54.6 Å². The second-order valence-corrected chi connectivity index (χ2v) is 11.1. The Morgan fingerprint density at radius 1 is 0.784 bits per heavy atom. The summed E-state index contributed by atoms with van der Waals surface area (Å²) >= 11 is 0. The van der Waals surface area contributed by atoms with Gasteiger partial charge in [-0.15, -0.1) is 24.0 Å². The monoisotopic (exact) mass is 860 g/mol. The molecule has 0 aromatic carbocycles. The fraction of sp³-hybridized carbons (Fsp3) is 0.828. The van der Waals surface area contributed by atoms with E-state index in [0.29, 0.717) is 26.3 Å². The van der Waals surface area contributed by atoms with Crippen molar-refractivity contribution in [3.8, 4) is 0 Å². The third kappa shape index (κ3) is 39.5. The molecule has 21 nitrogen and oxygen atoms in total. The lowest BCUT2D eigenvalue weighted by molar-refractivity contribution is 0.0654. The molecule has 2 fully saturated rings. The number of nitrogens with two attached hydrogens (primary N) is 3. The normalized spacial score (nSPS) is 18.6. The molecule has 0 spiro atoms. The molecule has 0 bridgehead atoms. The first-order valence-electron chi connectivity index (χ1n) is 15.9. The average Bonchev–Trinajstić information content (AvgIpc) is 3.63. The minimum absolute atomic E-state index is 0. The Bertz CT molecular complexity index is 901. The molecular weight excluding hydrogens is 799 g/mol. The fourth-order valence-electron chi connectivity index (χ4n) is 2.34. The number of nitrogens with one attached hydrogen (secondary N) is 3. The number of alkyl carbamates (subject to hydrolysis) is 3. The van der Waals surface area contributed by atoms with Crippen molar-refractivity contribution in [2.75, 3.05) is 52.7 Å². The van der Waals surface area contributed by atoms with E-state index in [1.807, 2.05) is 6.92 Å². The van der Waals surface area contributed by atoms with Gasteiger partial charge in [0.2, 0.25) is 0 Å². The quantitative estimate of drug-likeness (QED) is 0.0710. The Morgan fingerprint density at radius 3 is 1.43 bits per heavy atom. The summed E-state index contributed by atoms with van der Waals surface area (Å²) in [6, 6.07) is -0.309. The van der Waals surface area contributed by atoms with Crippen molar-refractivity contribution in [3.63, 3.8) is 0 Å². The standard InChI is InChI=1S/C11H22N2O6.C7H16N2O3.2C4H6O3.C3H10N2.HI/c1-7(13-11(17)19-9(3)5-14)4-12-10(16)18-6-8(2)15;1-5(3-8)9-7(11)12-6(2)4-10;2*1-3-2-6-4(5)7-3;1-3(5)2-4;/h7-9,14-15H,4-6H2,1-3H3,(H,12,16)(H,13,17);5-6,10H,3-4,8H2,1-2H3,(H,9,11);2*3H,2H2,1H3;3H,2,4-5H2,1H3;1H. The van der Waals surface area contributed by atoms with Crippen LogP contribution in [0.4, 0.5) is 24.0 Å². The van der Waals surface area contributed by atoms with Gasteiger partial charge in [0.25, 0.3) is 0 Å². The van der Waals surface area contributed by atoms with Gasteiger partial charge in [-0.05, 0) is 55.4 Å². The molecule has 8 atom stereocenters. The lowest BCUT2D eigenvalue weighted by Gasteiger charge is -2.16. The second-order valence-electron chi connectivity index (χ2n) is 11.1. The lowest BCUT2D eigenvalue weighted by Crippen LogP contribution is -2.43. The number of hydrogen-bond acceptors (Lipinski definition) is 18. The van der Waals surface area contributed by atoms with Crippen LogP contribution in [0.1, 0.15) is 55.4 Å². The molecule has 0 saturated carbocycles. The molecule has 0 aliphatic carbocycles. The number of ether oxygens (including phenoxy) is 7. The van der Waals surface area contributed by atoms with Crippen molar-refractivity contribution in [2.24, 2.45) is 17.2 Å². The summed E-state index contributed by atoms with van der Waals surface area (Å²) in [5.74, 6) is 0. The minimum atomic E-state index is -0.726. The molecule has 3 amide bonds. The Labute approximate surface area is 316 Å². The van der Waals surface area contributed by atoms with Gasteiger partial charge in [-0.3, -0.25) is 0 Å². The zero-order valence-electron chi connectivity index (χ0n) is 30.7. The number of aliphatic hydroxyl groups excluding tert-OH is 3. The highest BCUT2D eigenvalue weighted by atomic mass is 127. The van der Waals surface area contributed by atoms with E-state index in [-0.39, 0.29) is 80.7 Å². The SMILES string of the molecule is CC(CN)NC(=O)OC(C)CO.CC(N)CN.CC(O)COC(=O)NCC(C)NC(=O)OC(C)CO.CC1COC(=O)O1.CC1COC(=O)O1.I. The molecular formula is C29H61IN6O15. The predicted molar refractivity (Wildman–Crippen MR) is 193 cm³/mol. The van der Waals surface area contributed by atoms with Crippen molar-refractivity contribution in [1.82, 2.24) is 16.0 Å². The van der Waals surface area contributed by atoms with Gasteiger partial charge in [0, 0.05) is 37.8 Å². The molecule has 12 N–H and O–H groups in total. The molecule has 2 rings (SSSR count). The van der Waals surface area contributed by atoms with Crippen LogP contribution in [0.3, 0.4) is 0 Å². The van der Waals surface area contributed by atoms with Crippen molar-refractivity contribution < 1.29 is 72.5 Å². The second kappa shape index (κ2) is 34.0. The molecule has 2 aliphatic rings. The number of rotatable bonds is 12. The summed E-state index contributed by atoms with van der Waals surface area (Å²) in [7, 11) is 0. The van der Waals surface area contributed by atoms with Crippen LogP contribution in [0, 0.1) is 0 Å². The first-order chi connectivity index (χ1) is 23.3. The van der Waals surface area contributed by atoms with E-state index in [1.165, 1.54) is 6.92 Å². The molecule has 22 heteroatoms. The van der Waals surface area contributed by atoms with Gasteiger partial charge in [0.1, 0.15) is 44.2 Å². The van der Waals surface area contributed by atoms with Gasteiger partial charge >= 0.3 is 30.6 Å². The van der Waals surface area contributed by atoms with E-state index < -0.39 is 48.9 Å². The number of hydrogen-bond donors (Lipinski definition) is 9. The zero-order valence-corrected chi connectivity index (χ0v) is 33.0. The van der Waals surface area contributed by atoms with Crippen LogP contribution >= 0.6 is 24.0 Å². The maximum absolute atomic E-state index is 11.3. The number of carbonyl (C=O) groups excluding carboxylic acids is 5. The van der Waals surface area contributed by atoms with Crippen molar-refractivity contribution in [2.45, 2.75) is 104 Å². The van der Waals surface area contributed by atoms with Crippen LogP contribution in [-0.4, -0.2) is 147 Å².